The van der Waals surface area contributed by atoms with Crippen LogP contribution in [0.2, 0.25) is 5.02 Å². The molecule has 6 heteroatoms. The molecule has 2 amide bonds. The summed E-state index contributed by atoms with van der Waals surface area (Å²) in [5, 5.41) is 6.16. The lowest BCUT2D eigenvalue weighted by Crippen LogP contribution is -2.30. The van der Waals surface area contributed by atoms with Gasteiger partial charge >= 0.3 is 12.0 Å². The molecule has 0 heterocycles. The molecule has 2 rings (SSSR count). The molecule has 2 aromatic rings. The highest BCUT2D eigenvalue weighted by Gasteiger charge is 2.06. The smallest absolute Gasteiger partial charge is 0.337 e. The number of methoxy groups -OCH3 is 1. The van der Waals surface area contributed by atoms with Crippen molar-refractivity contribution in [1.29, 1.82) is 0 Å². The summed E-state index contributed by atoms with van der Waals surface area (Å²) in [7, 11) is 1.32. The number of carbonyl (C=O) groups is 2. The average Bonchev–Trinajstić information content (AvgIpc) is 2.56. The molecule has 23 heavy (non-hydrogen) atoms. The second-order valence-electron chi connectivity index (χ2n) is 4.83. The van der Waals surface area contributed by atoms with Crippen LogP contribution in [-0.2, 0) is 11.2 Å². The Hall–Kier alpha value is -2.53. The van der Waals surface area contributed by atoms with Crippen LogP contribution in [-0.4, -0.2) is 25.7 Å². The minimum absolute atomic E-state index is 0.301. The number of ether oxygens (including phenoxy) is 1. The summed E-state index contributed by atoms with van der Waals surface area (Å²) in [6.07, 6.45) is 0.714. The number of benzene rings is 2. The van der Waals surface area contributed by atoms with Crippen molar-refractivity contribution in [2.75, 3.05) is 19.0 Å². The Morgan fingerprint density at radius 3 is 2.30 bits per heavy atom. The third-order valence-electron chi connectivity index (χ3n) is 3.18. The highest BCUT2D eigenvalue weighted by Crippen LogP contribution is 2.11. The van der Waals surface area contributed by atoms with Gasteiger partial charge in [-0.3, -0.25) is 0 Å². The summed E-state index contributed by atoms with van der Waals surface area (Å²) in [4.78, 5) is 23.1. The highest BCUT2D eigenvalue weighted by molar-refractivity contribution is 6.30. The van der Waals surface area contributed by atoms with Gasteiger partial charge in [-0.05, 0) is 48.4 Å². The monoisotopic (exact) mass is 332 g/mol. The third kappa shape index (κ3) is 5.30. The zero-order valence-corrected chi connectivity index (χ0v) is 13.4. The number of rotatable bonds is 5. The van der Waals surface area contributed by atoms with E-state index in [2.05, 4.69) is 15.4 Å². The van der Waals surface area contributed by atoms with Crippen LogP contribution in [0.5, 0.6) is 0 Å². The number of carbonyl (C=O) groups excluding carboxylic acids is 2. The molecule has 0 aliphatic rings. The van der Waals surface area contributed by atoms with Crippen molar-refractivity contribution in [1.82, 2.24) is 5.32 Å². The van der Waals surface area contributed by atoms with Crippen LogP contribution in [0.1, 0.15) is 15.9 Å². The minimum atomic E-state index is -0.413. The zero-order valence-electron chi connectivity index (χ0n) is 12.6. The summed E-state index contributed by atoms with van der Waals surface area (Å²) in [6.45, 7) is 0.508. The molecule has 2 aromatic carbocycles. The molecular formula is C17H17ClN2O3. The topological polar surface area (TPSA) is 67.4 Å². The Balaban J connectivity index is 1.78. The lowest BCUT2D eigenvalue weighted by Gasteiger charge is -2.08. The van der Waals surface area contributed by atoms with E-state index < -0.39 is 5.97 Å². The van der Waals surface area contributed by atoms with Gasteiger partial charge in [-0.2, -0.15) is 0 Å². The first-order valence-electron chi connectivity index (χ1n) is 7.06. The first-order valence-corrected chi connectivity index (χ1v) is 7.44. The molecule has 0 saturated heterocycles. The molecule has 0 radical (unpaired) electrons. The van der Waals surface area contributed by atoms with E-state index in [1.54, 1.807) is 24.3 Å². The summed E-state index contributed by atoms with van der Waals surface area (Å²) < 4.78 is 4.61. The predicted molar refractivity (Wildman–Crippen MR) is 90.0 cm³/mol. The van der Waals surface area contributed by atoms with Crippen LogP contribution < -0.4 is 10.6 Å². The molecule has 0 aromatic heterocycles. The fourth-order valence-corrected chi connectivity index (χ4v) is 2.08. The van der Waals surface area contributed by atoms with Crippen LogP contribution in [0.3, 0.4) is 0 Å². The fraction of sp³-hybridized carbons (Fsp3) is 0.176. The van der Waals surface area contributed by atoms with Gasteiger partial charge in [0, 0.05) is 17.3 Å². The summed E-state index contributed by atoms with van der Waals surface area (Å²) in [5.41, 5.74) is 2.12. The summed E-state index contributed by atoms with van der Waals surface area (Å²) >= 11 is 5.82. The molecule has 0 saturated carbocycles. The molecule has 0 bridgehead atoms. The van der Waals surface area contributed by atoms with E-state index in [-0.39, 0.29) is 6.03 Å². The van der Waals surface area contributed by atoms with Crippen LogP contribution in [0.25, 0.3) is 0 Å². The van der Waals surface area contributed by atoms with Gasteiger partial charge in [0.25, 0.3) is 0 Å². The van der Waals surface area contributed by atoms with Crippen molar-refractivity contribution in [3.63, 3.8) is 0 Å². The van der Waals surface area contributed by atoms with Crippen molar-refractivity contribution in [3.05, 3.63) is 64.7 Å². The SMILES string of the molecule is COC(=O)c1ccc(NC(=O)NCCc2ccc(Cl)cc2)cc1. The number of esters is 1. The fourth-order valence-electron chi connectivity index (χ4n) is 1.95. The predicted octanol–water partition coefficient (Wildman–Crippen LogP) is 3.49. The first kappa shape index (κ1) is 16.8. The molecule has 0 unspecified atom stereocenters. The van der Waals surface area contributed by atoms with Crippen molar-refractivity contribution in [3.8, 4) is 0 Å². The lowest BCUT2D eigenvalue weighted by atomic mass is 10.1. The number of halogens is 1. The maximum Gasteiger partial charge on any atom is 0.337 e. The van der Waals surface area contributed by atoms with Crippen LogP contribution in [0.15, 0.2) is 48.5 Å². The number of hydrogen-bond acceptors (Lipinski definition) is 3. The summed E-state index contributed by atoms with van der Waals surface area (Å²) in [6, 6.07) is 13.7. The number of anilines is 1. The van der Waals surface area contributed by atoms with Gasteiger partial charge in [-0.15, -0.1) is 0 Å². The Morgan fingerprint density at radius 2 is 1.70 bits per heavy atom. The van der Waals surface area contributed by atoms with E-state index >= 15 is 0 Å². The van der Waals surface area contributed by atoms with Crippen LogP contribution in [0.4, 0.5) is 10.5 Å². The lowest BCUT2D eigenvalue weighted by molar-refractivity contribution is 0.0601. The number of urea groups is 1. The molecular weight excluding hydrogens is 316 g/mol. The van der Waals surface area contributed by atoms with E-state index in [1.807, 2.05) is 24.3 Å². The number of hydrogen-bond donors (Lipinski definition) is 2. The van der Waals surface area contributed by atoms with Crippen molar-refractivity contribution in [2.45, 2.75) is 6.42 Å². The van der Waals surface area contributed by atoms with Gasteiger partial charge in [0.1, 0.15) is 0 Å². The highest BCUT2D eigenvalue weighted by atomic mass is 35.5. The van der Waals surface area contributed by atoms with Crippen LogP contribution >= 0.6 is 11.6 Å². The van der Waals surface area contributed by atoms with Gasteiger partial charge in [0.05, 0.1) is 12.7 Å². The van der Waals surface area contributed by atoms with Gasteiger partial charge in [0.15, 0.2) is 0 Å². The first-order chi connectivity index (χ1) is 11.1. The summed E-state index contributed by atoms with van der Waals surface area (Å²) in [5.74, 6) is -0.413. The van der Waals surface area contributed by atoms with E-state index in [9.17, 15) is 9.59 Å². The standard InChI is InChI=1S/C17H17ClN2O3/c1-23-16(21)13-4-8-15(9-5-13)20-17(22)19-11-10-12-2-6-14(18)7-3-12/h2-9H,10-11H2,1H3,(H2,19,20,22). The van der Waals surface area contributed by atoms with Crippen LogP contribution in [0, 0.1) is 0 Å². The van der Waals surface area contributed by atoms with E-state index in [1.165, 1.54) is 7.11 Å². The van der Waals surface area contributed by atoms with E-state index in [0.717, 1.165) is 5.56 Å². The van der Waals surface area contributed by atoms with Crippen molar-refractivity contribution < 1.29 is 14.3 Å². The molecule has 2 N–H and O–H groups in total. The Morgan fingerprint density at radius 1 is 1.04 bits per heavy atom. The average molecular weight is 333 g/mol. The number of amides is 2. The van der Waals surface area contributed by atoms with Gasteiger partial charge in [-0.25, -0.2) is 9.59 Å². The van der Waals surface area contributed by atoms with Gasteiger partial charge in [0.2, 0.25) is 0 Å². The second kappa shape index (κ2) is 8.19. The normalized spacial score (nSPS) is 10.0. The zero-order chi connectivity index (χ0) is 16.7. The van der Waals surface area contributed by atoms with Crippen molar-refractivity contribution >= 4 is 29.3 Å². The largest absolute Gasteiger partial charge is 0.465 e. The van der Waals surface area contributed by atoms with Gasteiger partial charge < -0.3 is 15.4 Å². The molecule has 5 nitrogen and oxygen atoms in total. The Bertz CT molecular complexity index is 669. The quantitative estimate of drug-likeness (QED) is 0.824. The number of nitrogens with one attached hydrogen (secondary N) is 2. The van der Waals surface area contributed by atoms with Crippen molar-refractivity contribution in [2.24, 2.45) is 0 Å². The molecule has 0 aliphatic carbocycles. The molecule has 0 spiro atoms. The molecule has 120 valence electrons. The molecule has 0 atom stereocenters. The maximum absolute atomic E-state index is 11.8. The third-order valence-corrected chi connectivity index (χ3v) is 3.43. The minimum Gasteiger partial charge on any atom is -0.465 e. The molecule has 0 fully saturated rings. The maximum atomic E-state index is 11.8. The van der Waals surface area contributed by atoms with Gasteiger partial charge in [-0.1, -0.05) is 23.7 Å². The molecule has 0 aliphatic heterocycles. The second-order valence-corrected chi connectivity index (χ2v) is 5.26. The van der Waals surface area contributed by atoms with E-state index in [0.29, 0.717) is 29.2 Å². The van der Waals surface area contributed by atoms with E-state index in [4.69, 9.17) is 11.6 Å². The Kier molecular flexibility index (Phi) is 6.00. The Labute approximate surface area is 139 Å².